The van der Waals surface area contributed by atoms with Crippen molar-refractivity contribution in [2.75, 3.05) is 13.3 Å². The number of hydrogen-bond donors (Lipinski definition) is 3. The zero-order valence-corrected chi connectivity index (χ0v) is 24.9. The molecule has 0 aromatic heterocycles. The fourth-order valence-electron chi connectivity index (χ4n) is 4.62. The van der Waals surface area contributed by atoms with Gasteiger partial charge in [0.1, 0.15) is 6.04 Å². The van der Waals surface area contributed by atoms with Crippen LogP contribution in [0.25, 0.3) is 11.1 Å². The molecule has 8 heteroatoms. The number of unbranched alkanes of at least 4 members (excludes halogenated alkanes) is 1. The summed E-state index contributed by atoms with van der Waals surface area (Å²) < 4.78 is 11.7. The van der Waals surface area contributed by atoms with Crippen molar-refractivity contribution < 1.29 is 23.7 Å². The summed E-state index contributed by atoms with van der Waals surface area (Å²) in [6, 6.07) is 15.0. The average Bonchev–Trinajstić information content (AvgIpc) is 2.90. The van der Waals surface area contributed by atoms with Crippen molar-refractivity contribution in [3.63, 3.8) is 0 Å². The SMILES string of the molecule is CCCC[C@@H](C[C@H](CCc1ccc(-c2ccc(S(C)=O)cc2)cc1)C(=O)N[C@H](C(=O)NC)C(C)(C)C)C(=O)O. The average molecular weight is 557 g/mol. The Kier molecular flexibility index (Phi) is 12.4. The van der Waals surface area contributed by atoms with Crippen LogP contribution in [0.5, 0.6) is 0 Å². The van der Waals surface area contributed by atoms with Crippen molar-refractivity contribution in [1.82, 2.24) is 10.6 Å². The zero-order chi connectivity index (χ0) is 29.2. The molecule has 3 N–H and O–H groups in total. The summed E-state index contributed by atoms with van der Waals surface area (Å²) in [6.07, 6.45) is 5.15. The topological polar surface area (TPSA) is 113 Å². The van der Waals surface area contributed by atoms with E-state index in [0.717, 1.165) is 34.4 Å². The lowest BCUT2D eigenvalue weighted by atomic mass is 9.83. The van der Waals surface area contributed by atoms with Gasteiger partial charge in [-0.15, -0.1) is 0 Å². The largest absolute Gasteiger partial charge is 0.481 e. The van der Waals surface area contributed by atoms with E-state index in [1.54, 1.807) is 13.3 Å². The van der Waals surface area contributed by atoms with Gasteiger partial charge in [0.25, 0.3) is 0 Å². The second-order valence-electron chi connectivity index (χ2n) is 11.2. The fraction of sp³-hybridized carbons (Fsp3) is 0.516. The standard InChI is InChI=1S/C31H44N2O5S/c1-7-8-9-25(30(36)37)20-24(28(34)33-27(29(35)32-5)31(2,3)4)15-12-21-10-13-22(14-11-21)23-16-18-26(19-17-23)39(6)38/h10-11,13-14,16-19,24-25,27H,7-9,12,15,20H2,1-6H3,(H,32,35)(H,33,34)(H,36,37)/t24-,25-,27+,39?/m0/s1. The normalized spacial score (nSPS) is 14.6. The Bertz CT molecular complexity index is 1120. The summed E-state index contributed by atoms with van der Waals surface area (Å²) in [5.41, 5.74) is 2.60. The van der Waals surface area contributed by atoms with Crippen LogP contribution < -0.4 is 10.6 Å². The van der Waals surface area contributed by atoms with Crippen molar-refractivity contribution in [3.05, 3.63) is 54.1 Å². The van der Waals surface area contributed by atoms with Crippen LogP contribution in [0, 0.1) is 17.3 Å². The highest BCUT2D eigenvalue weighted by Gasteiger charge is 2.35. The molecule has 0 aliphatic rings. The number of likely N-dealkylation sites (N-methyl/N-ethyl adjacent to an activating group) is 1. The van der Waals surface area contributed by atoms with Gasteiger partial charge in [-0.05, 0) is 59.9 Å². The van der Waals surface area contributed by atoms with Gasteiger partial charge in [0, 0.05) is 34.9 Å². The number of carboxylic acids is 1. The van der Waals surface area contributed by atoms with E-state index in [2.05, 4.69) is 10.6 Å². The maximum atomic E-state index is 13.5. The quantitative estimate of drug-likeness (QED) is 0.296. The Morgan fingerprint density at radius 1 is 0.897 bits per heavy atom. The molecule has 0 spiro atoms. The molecule has 4 atom stereocenters. The Morgan fingerprint density at radius 2 is 1.46 bits per heavy atom. The monoisotopic (exact) mass is 556 g/mol. The van der Waals surface area contributed by atoms with Crippen LogP contribution in [0.4, 0.5) is 0 Å². The number of carboxylic acid groups (broad SMARTS) is 1. The van der Waals surface area contributed by atoms with Gasteiger partial charge >= 0.3 is 5.97 Å². The molecule has 0 aliphatic heterocycles. The first kappa shape index (κ1) is 32.2. The third-order valence-corrected chi connectivity index (χ3v) is 8.05. The number of rotatable bonds is 14. The highest BCUT2D eigenvalue weighted by atomic mass is 32.2. The number of amides is 2. The van der Waals surface area contributed by atoms with Gasteiger partial charge in [0.15, 0.2) is 0 Å². The number of carbonyl (C=O) groups excluding carboxylic acids is 2. The zero-order valence-electron chi connectivity index (χ0n) is 24.1. The van der Waals surface area contributed by atoms with Gasteiger partial charge < -0.3 is 15.7 Å². The minimum absolute atomic E-state index is 0.231. The first-order valence-electron chi connectivity index (χ1n) is 13.6. The van der Waals surface area contributed by atoms with Crippen LogP contribution in [0.2, 0.25) is 0 Å². The summed E-state index contributed by atoms with van der Waals surface area (Å²) >= 11 is 0. The fourth-order valence-corrected chi connectivity index (χ4v) is 5.14. The molecule has 0 bridgehead atoms. The molecule has 1 unspecified atom stereocenters. The molecule has 2 aromatic carbocycles. The second kappa shape index (κ2) is 15.0. The highest BCUT2D eigenvalue weighted by Crippen LogP contribution is 2.27. The third kappa shape index (κ3) is 9.92. The predicted molar refractivity (Wildman–Crippen MR) is 157 cm³/mol. The lowest BCUT2D eigenvalue weighted by Crippen LogP contribution is -2.54. The van der Waals surface area contributed by atoms with Gasteiger partial charge in [-0.3, -0.25) is 18.6 Å². The van der Waals surface area contributed by atoms with E-state index in [0.29, 0.717) is 19.3 Å². The van der Waals surface area contributed by atoms with E-state index >= 15 is 0 Å². The number of benzene rings is 2. The lowest BCUT2D eigenvalue weighted by molar-refractivity contribution is -0.143. The van der Waals surface area contributed by atoms with Crippen molar-refractivity contribution in [3.8, 4) is 11.1 Å². The molecule has 0 heterocycles. The van der Waals surface area contributed by atoms with Gasteiger partial charge in [-0.25, -0.2) is 0 Å². The Balaban J connectivity index is 2.21. The van der Waals surface area contributed by atoms with E-state index in [9.17, 15) is 23.7 Å². The third-order valence-electron chi connectivity index (χ3n) is 7.11. The number of aryl methyl sites for hydroxylation is 1. The summed E-state index contributed by atoms with van der Waals surface area (Å²) in [5.74, 6) is -2.60. The molecule has 0 saturated heterocycles. The molecule has 7 nitrogen and oxygen atoms in total. The van der Waals surface area contributed by atoms with Crippen LogP contribution in [-0.2, 0) is 31.6 Å². The van der Waals surface area contributed by atoms with Crippen molar-refractivity contribution in [1.29, 1.82) is 0 Å². The molecule has 0 radical (unpaired) electrons. The van der Waals surface area contributed by atoms with Crippen molar-refractivity contribution >= 4 is 28.6 Å². The van der Waals surface area contributed by atoms with Crippen LogP contribution in [0.3, 0.4) is 0 Å². The molecular weight excluding hydrogens is 512 g/mol. The van der Waals surface area contributed by atoms with Crippen LogP contribution >= 0.6 is 0 Å². The van der Waals surface area contributed by atoms with E-state index in [1.807, 2.05) is 76.2 Å². The minimum atomic E-state index is -1.02. The number of aliphatic carboxylic acids is 1. The lowest BCUT2D eigenvalue weighted by Gasteiger charge is -2.31. The van der Waals surface area contributed by atoms with E-state index in [1.165, 1.54) is 0 Å². The number of carbonyl (C=O) groups is 3. The second-order valence-corrected chi connectivity index (χ2v) is 12.6. The maximum absolute atomic E-state index is 13.5. The van der Waals surface area contributed by atoms with E-state index < -0.39 is 40.1 Å². The van der Waals surface area contributed by atoms with E-state index in [4.69, 9.17) is 0 Å². The van der Waals surface area contributed by atoms with Crippen LogP contribution in [0.1, 0.15) is 65.4 Å². The number of nitrogens with one attached hydrogen (secondary N) is 2. The van der Waals surface area contributed by atoms with Crippen LogP contribution in [0.15, 0.2) is 53.4 Å². The van der Waals surface area contributed by atoms with Gasteiger partial charge in [0.05, 0.1) is 5.92 Å². The summed E-state index contributed by atoms with van der Waals surface area (Å²) in [7, 11) is 0.518. The van der Waals surface area contributed by atoms with E-state index in [-0.39, 0.29) is 18.2 Å². The molecule has 39 heavy (non-hydrogen) atoms. The summed E-state index contributed by atoms with van der Waals surface area (Å²) in [5, 5.41) is 15.4. The summed E-state index contributed by atoms with van der Waals surface area (Å²) in [4.78, 5) is 38.8. The number of hydrogen-bond acceptors (Lipinski definition) is 4. The van der Waals surface area contributed by atoms with Crippen LogP contribution in [-0.4, -0.2) is 46.4 Å². The Morgan fingerprint density at radius 3 is 1.92 bits per heavy atom. The molecular formula is C31H44N2O5S. The highest BCUT2D eigenvalue weighted by molar-refractivity contribution is 7.84. The summed E-state index contributed by atoms with van der Waals surface area (Å²) in [6.45, 7) is 7.68. The molecule has 0 saturated carbocycles. The Hall–Kier alpha value is -3.00. The van der Waals surface area contributed by atoms with Gasteiger partial charge in [-0.1, -0.05) is 76.9 Å². The molecule has 0 aliphatic carbocycles. The molecule has 2 amide bonds. The molecule has 214 valence electrons. The van der Waals surface area contributed by atoms with Crippen molar-refractivity contribution in [2.45, 2.75) is 77.2 Å². The predicted octanol–water partition coefficient (Wildman–Crippen LogP) is 5.20. The van der Waals surface area contributed by atoms with Gasteiger partial charge in [-0.2, -0.15) is 0 Å². The minimum Gasteiger partial charge on any atom is -0.481 e. The van der Waals surface area contributed by atoms with Gasteiger partial charge in [0.2, 0.25) is 11.8 Å². The molecule has 0 fully saturated rings. The maximum Gasteiger partial charge on any atom is 0.306 e. The van der Waals surface area contributed by atoms with Crippen molar-refractivity contribution in [2.24, 2.45) is 17.3 Å². The first-order chi connectivity index (χ1) is 18.4. The molecule has 2 aromatic rings. The Labute approximate surface area is 235 Å². The smallest absolute Gasteiger partial charge is 0.306 e. The molecule has 2 rings (SSSR count). The first-order valence-corrected chi connectivity index (χ1v) is 15.2.